The van der Waals surface area contributed by atoms with Gasteiger partial charge in [0.1, 0.15) is 11.3 Å². The topological polar surface area (TPSA) is 80.6 Å². The molecule has 3 aromatic rings. The highest BCUT2D eigenvalue weighted by atomic mass is 16.5. The molecule has 2 aromatic carbocycles. The van der Waals surface area contributed by atoms with Crippen LogP contribution in [0.25, 0.3) is 11.0 Å². The Labute approximate surface area is 144 Å². The Morgan fingerprint density at radius 3 is 2.48 bits per heavy atom. The van der Waals surface area contributed by atoms with Gasteiger partial charge < -0.3 is 19.8 Å². The number of esters is 1. The molecule has 25 heavy (non-hydrogen) atoms. The zero-order chi connectivity index (χ0) is 17.8. The first-order valence-corrected chi connectivity index (χ1v) is 7.81. The van der Waals surface area contributed by atoms with Gasteiger partial charge in [-0.2, -0.15) is 0 Å². The second kappa shape index (κ2) is 7.09. The fraction of sp³-hybridized carbons (Fsp3) is 0.158. The summed E-state index contributed by atoms with van der Waals surface area (Å²) < 4.78 is 10.4. The van der Waals surface area contributed by atoms with Gasteiger partial charge in [0.25, 0.3) is 0 Å². The average molecular weight is 338 g/mol. The van der Waals surface area contributed by atoms with E-state index in [1.54, 1.807) is 24.3 Å². The second-order valence-corrected chi connectivity index (χ2v) is 5.58. The minimum absolute atomic E-state index is 0.290. The first-order chi connectivity index (χ1) is 12.1. The van der Waals surface area contributed by atoms with E-state index < -0.39 is 5.97 Å². The number of nitrogens with one attached hydrogen (secondary N) is 2. The number of carbonyl (C=O) groups is 2. The summed E-state index contributed by atoms with van der Waals surface area (Å²) >= 11 is 0. The van der Waals surface area contributed by atoms with Crippen LogP contribution in [0.3, 0.4) is 0 Å². The molecule has 0 bridgehead atoms. The fourth-order valence-corrected chi connectivity index (χ4v) is 2.46. The molecular weight excluding hydrogens is 320 g/mol. The molecule has 0 aliphatic carbocycles. The van der Waals surface area contributed by atoms with Crippen molar-refractivity contribution in [2.75, 3.05) is 12.4 Å². The number of carbonyl (C=O) groups excluding carboxylic acids is 2. The Balaban J connectivity index is 1.62. The van der Waals surface area contributed by atoms with Gasteiger partial charge in [-0.1, -0.05) is 18.2 Å². The van der Waals surface area contributed by atoms with Crippen molar-refractivity contribution >= 4 is 28.7 Å². The van der Waals surface area contributed by atoms with E-state index in [1.165, 1.54) is 7.11 Å². The second-order valence-electron chi connectivity index (χ2n) is 5.58. The first kappa shape index (κ1) is 16.6. The first-order valence-electron chi connectivity index (χ1n) is 7.81. The number of urea groups is 1. The number of furan rings is 1. The van der Waals surface area contributed by atoms with E-state index in [1.807, 2.05) is 37.3 Å². The quantitative estimate of drug-likeness (QED) is 0.702. The third kappa shape index (κ3) is 3.80. The van der Waals surface area contributed by atoms with E-state index in [2.05, 4.69) is 15.4 Å². The molecule has 1 heterocycles. The highest BCUT2D eigenvalue weighted by molar-refractivity contribution is 5.92. The molecule has 1 aromatic heterocycles. The van der Waals surface area contributed by atoms with Crippen LogP contribution in [0.5, 0.6) is 0 Å². The fourth-order valence-electron chi connectivity index (χ4n) is 2.46. The van der Waals surface area contributed by atoms with Crippen molar-refractivity contribution in [2.24, 2.45) is 0 Å². The summed E-state index contributed by atoms with van der Waals surface area (Å²) in [4.78, 5) is 23.5. The number of ether oxygens (including phenoxy) is 1. The molecule has 0 spiro atoms. The van der Waals surface area contributed by atoms with E-state index in [9.17, 15) is 9.59 Å². The molecule has 3 rings (SSSR count). The predicted molar refractivity (Wildman–Crippen MR) is 94.6 cm³/mol. The van der Waals surface area contributed by atoms with E-state index in [-0.39, 0.29) is 12.1 Å². The highest BCUT2D eigenvalue weighted by Gasteiger charge is 2.14. The van der Waals surface area contributed by atoms with Gasteiger partial charge in [0.2, 0.25) is 0 Å². The summed E-state index contributed by atoms with van der Waals surface area (Å²) in [5, 5.41) is 6.53. The summed E-state index contributed by atoms with van der Waals surface area (Å²) in [6.07, 6.45) is 0. The minimum atomic E-state index is -0.422. The van der Waals surface area contributed by atoms with Crippen LogP contribution in [0.2, 0.25) is 0 Å². The van der Waals surface area contributed by atoms with Gasteiger partial charge in [-0.05, 0) is 43.3 Å². The van der Waals surface area contributed by atoms with E-state index >= 15 is 0 Å². The maximum Gasteiger partial charge on any atom is 0.337 e. The molecule has 0 saturated heterocycles. The summed E-state index contributed by atoms with van der Waals surface area (Å²) in [5.74, 6) is 0.256. The van der Waals surface area contributed by atoms with Crippen LogP contribution in [0.1, 0.15) is 29.1 Å². The summed E-state index contributed by atoms with van der Waals surface area (Å²) in [7, 11) is 1.32. The standard InChI is InChI=1S/C19H18N2O4/c1-12(17-11-14-5-3-4-6-16(14)25-17)20-19(23)21-15-9-7-13(8-10-15)18(22)24-2/h3-12H,1-2H3,(H2,20,21,23). The number of anilines is 1. The van der Waals surface area contributed by atoms with Crippen LogP contribution in [-0.4, -0.2) is 19.1 Å². The number of para-hydroxylation sites is 1. The molecule has 2 N–H and O–H groups in total. The van der Waals surface area contributed by atoms with Crippen molar-refractivity contribution < 1.29 is 18.7 Å². The van der Waals surface area contributed by atoms with Crippen LogP contribution in [0.15, 0.2) is 59.0 Å². The Morgan fingerprint density at radius 2 is 1.80 bits per heavy atom. The van der Waals surface area contributed by atoms with Gasteiger partial charge in [0.15, 0.2) is 0 Å². The lowest BCUT2D eigenvalue weighted by atomic mass is 10.2. The lowest BCUT2D eigenvalue weighted by Crippen LogP contribution is -2.30. The van der Waals surface area contributed by atoms with Crippen molar-refractivity contribution in [3.8, 4) is 0 Å². The van der Waals surface area contributed by atoms with Crippen molar-refractivity contribution in [1.29, 1.82) is 0 Å². The number of amides is 2. The van der Waals surface area contributed by atoms with Crippen molar-refractivity contribution in [2.45, 2.75) is 13.0 Å². The number of rotatable bonds is 4. The van der Waals surface area contributed by atoms with Gasteiger partial charge in [0, 0.05) is 11.1 Å². The molecule has 6 heteroatoms. The molecule has 0 aliphatic rings. The van der Waals surface area contributed by atoms with E-state index in [0.717, 1.165) is 11.0 Å². The lowest BCUT2D eigenvalue weighted by molar-refractivity contribution is 0.0600. The van der Waals surface area contributed by atoms with E-state index in [4.69, 9.17) is 4.42 Å². The van der Waals surface area contributed by atoms with Crippen LogP contribution in [-0.2, 0) is 4.74 Å². The van der Waals surface area contributed by atoms with Crippen LogP contribution >= 0.6 is 0 Å². The zero-order valence-corrected chi connectivity index (χ0v) is 13.9. The van der Waals surface area contributed by atoms with E-state index in [0.29, 0.717) is 17.0 Å². The Hall–Kier alpha value is -3.28. The molecule has 2 amide bonds. The lowest BCUT2D eigenvalue weighted by Gasteiger charge is -2.12. The minimum Gasteiger partial charge on any atom is -0.465 e. The maximum atomic E-state index is 12.1. The SMILES string of the molecule is COC(=O)c1ccc(NC(=O)NC(C)c2cc3ccccc3o2)cc1. The maximum absolute atomic E-state index is 12.1. The summed E-state index contributed by atoms with van der Waals surface area (Å²) in [5.41, 5.74) is 1.77. The van der Waals surface area contributed by atoms with Crippen molar-refractivity contribution in [1.82, 2.24) is 5.32 Å². The number of benzene rings is 2. The monoisotopic (exact) mass is 338 g/mol. The predicted octanol–water partition coefficient (Wildman–Crippen LogP) is 4.10. The summed E-state index contributed by atoms with van der Waals surface area (Å²) in [6, 6.07) is 15.4. The van der Waals surface area contributed by atoms with Crippen LogP contribution < -0.4 is 10.6 Å². The Morgan fingerprint density at radius 1 is 1.08 bits per heavy atom. The van der Waals surface area contributed by atoms with Gasteiger partial charge in [0.05, 0.1) is 18.7 Å². The van der Waals surface area contributed by atoms with Crippen LogP contribution in [0.4, 0.5) is 10.5 Å². The molecule has 0 fully saturated rings. The molecular formula is C19H18N2O4. The molecule has 0 aliphatic heterocycles. The van der Waals surface area contributed by atoms with Gasteiger partial charge >= 0.3 is 12.0 Å². The average Bonchev–Trinajstić information content (AvgIpc) is 3.06. The summed E-state index contributed by atoms with van der Waals surface area (Å²) in [6.45, 7) is 1.84. The highest BCUT2D eigenvalue weighted by Crippen LogP contribution is 2.23. The molecule has 0 radical (unpaired) electrons. The van der Waals surface area contributed by atoms with Crippen molar-refractivity contribution in [3.63, 3.8) is 0 Å². The van der Waals surface area contributed by atoms with Crippen LogP contribution in [0, 0.1) is 0 Å². The normalized spacial score (nSPS) is 11.8. The Bertz CT molecular complexity index is 866. The third-order valence-electron chi connectivity index (χ3n) is 3.78. The van der Waals surface area contributed by atoms with Gasteiger partial charge in [-0.3, -0.25) is 0 Å². The largest absolute Gasteiger partial charge is 0.465 e. The molecule has 0 saturated carbocycles. The molecule has 6 nitrogen and oxygen atoms in total. The number of hydrogen-bond donors (Lipinski definition) is 2. The smallest absolute Gasteiger partial charge is 0.337 e. The number of hydrogen-bond acceptors (Lipinski definition) is 4. The van der Waals surface area contributed by atoms with Gasteiger partial charge in [-0.25, -0.2) is 9.59 Å². The van der Waals surface area contributed by atoms with Gasteiger partial charge in [-0.15, -0.1) is 0 Å². The molecule has 1 unspecified atom stereocenters. The third-order valence-corrected chi connectivity index (χ3v) is 3.78. The zero-order valence-electron chi connectivity index (χ0n) is 13.9. The number of fused-ring (bicyclic) bond motifs is 1. The number of methoxy groups -OCH3 is 1. The van der Waals surface area contributed by atoms with Crippen molar-refractivity contribution in [3.05, 3.63) is 65.9 Å². The molecule has 128 valence electrons. The molecule has 1 atom stereocenters. The Kier molecular flexibility index (Phi) is 4.70.